The summed E-state index contributed by atoms with van der Waals surface area (Å²) in [6.07, 6.45) is 5.95. The molecular weight excluding hydrogens is 498 g/mol. The van der Waals surface area contributed by atoms with Crippen molar-refractivity contribution in [1.82, 2.24) is 14.4 Å². The smallest absolute Gasteiger partial charge is 0.255 e. The molecule has 8 nitrogen and oxygen atoms in total. The Morgan fingerprint density at radius 1 is 1.02 bits per heavy atom. The molecule has 5 rings (SSSR count). The lowest BCUT2D eigenvalue weighted by molar-refractivity contribution is 0.102. The Bertz CT molecular complexity index is 1690. The number of nitrogens with two attached hydrogens (primary N) is 1. The first-order valence-corrected chi connectivity index (χ1v) is 13.1. The van der Waals surface area contributed by atoms with E-state index in [1.54, 1.807) is 6.20 Å². The van der Waals surface area contributed by atoms with Crippen molar-refractivity contribution in [3.63, 3.8) is 0 Å². The Morgan fingerprint density at radius 2 is 1.75 bits per heavy atom. The number of amidine groups is 1. The predicted molar refractivity (Wildman–Crippen MR) is 162 cm³/mol. The van der Waals surface area contributed by atoms with E-state index in [9.17, 15) is 4.79 Å². The maximum atomic E-state index is 13.1. The van der Waals surface area contributed by atoms with Crippen LogP contribution in [0.2, 0.25) is 0 Å². The molecule has 0 aliphatic carbocycles. The summed E-state index contributed by atoms with van der Waals surface area (Å²) in [6, 6.07) is 21.3. The van der Waals surface area contributed by atoms with Crippen molar-refractivity contribution >= 4 is 34.6 Å². The highest BCUT2D eigenvalue weighted by Gasteiger charge is 2.17. The maximum absolute atomic E-state index is 13.1. The summed E-state index contributed by atoms with van der Waals surface area (Å²) >= 11 is 0. The molecule has 202 valence electrons. The molecule has 3 aromatic carbocycles. The summed E-state index contributed by atoms with van der Waals surface area (Å²) in [5.41, 5.74) is 13.1. The van der Waals surface area contributed by atoms with Crippen molar-refractivity contribution in [3.8, 4) is 11.3 Å². The zero-order chi connectivity index (χ0) is 28.4. The van der Waals surface area contributed by atoms with Crippen molar-refractivity contribution < 1.29 is 4.79 Å². The fraction of sp³-hybridized carbons (Fsp3) is 0.188. The second-order valence-electron chi connectivity index (χ2n) is 10.9. The fourth-order valence-corrected chi connectivity index (χ4v) is 4.57. The van der Waals surface area contributed by atoms with Crippen molar-refractivity contribution in [1.29, 1.82) is 5.41 Å². The third-order valence-corrected chi connectivity index (χ3v) is 6.86. The van der Waals surface area contributed by atoms with Gasteiger partial charge in [0.25, 0.3) is 5.91 Å². The lowest BCUT2D eigenvalue weighted by Gasteiger charge is -2.19. The van der Waals surface area contributed by atoms with Crippen LogP contribution in [0.25, 0.3) is 16.9 Å². The molecule has 5 N–H and O–H groups in total. The van der Waals surface area contributed by atoms with Crippen molar-refractivity contribution in [2.75, 3.05) is 10.6 Å². The van der Waals surface area contributed by atoms with Gasteiger partial charge in [-0.2, -0.15) is 0 Å². The average Bonchev–Trinajstić information content (AvgIpc) is 3.39. The van der Waals surface area contributed by atoms with Crippen LogP contribution in [0, 0.1) is 12.3 Å². The van der Waals surface area contributed by atoms with E-state index in [0.29, 0.717) is 23.4 Å². The van der Waals surface area contributed by atoms with Crippen LogP contribution in [0.1, 0.15) is 47.8 Å². The molecule has 0 saturated heterocycles. The molecule has 5 aromatic rings. The number of nitrogens with one attached hydrogen (secondary N) is 3. The molecule has 0 bridgehead atoms. The highest BCUT2D eigenvalue weighted by Crippen LogP contribution is 2.31. The minimum absolute atomic E-state index is 0.0237. The number of anilines is 3. The second kappa shape index (κ2) is 10.6. The van der Waals surface area contributed by atoms with Crippen molar-refractivity contribution in [2.24, 2.45) is 5.73 Å². The van der Waals surface area contributed by atoms with Gasteiger partial charge in [0.1, 0.15) is 0 Å². The summed E-state index contributed by atoms with van der Waals surface area (Å²) in [5.74, 6) is 0.574. The number of carbonyl (C=O) groups is 1. The average molecular weight is 532 g/mol. The molecule has 2 heterocycles. The van der Waals surface area contributed by atoms with Crippen LogP contribution in [0.5, 0.6) is 0 Å². The molecule has 8 heteroatoms. The van der Waals surface area contributed by atoms with Crippen molar-refractivity contribution in [2.45, 2.75) is 39.5 Å². The normalized spacial score (nSPS) is 11.4. The Labute approximate surface area is 233 Å². The molecule has 40 heavy (non-hydrogen) atoms. The van der Waals surface area contributed by atoms with Crippen LogP contribution in [-0.2, 0) is 11.8 Å². The maximum Gasteiger partial charge on any atom is 0.255 e. The Morgan fingerprint density at radius 3 is 2.42 bits per heavy atom. The number of carbonyl (C=O) groups excluding carboxylic acids is 1. The van der Waals surface area contributed by atoms with Crippen LogP contribution in [-0.4, -0.2) is 26.1 Å². The van der Waals surface area contributed by atoms with Crippen LogP contribution in [0.4, 0.5) is 17.2 Å². The quantitative estimate of drug-likeness (QED) is 0.142. The molecule has 0 aliphatic heterocycles. The molecule has 2 aromatic heterocycles. The summed E-state index contributed by atoms with van der Waals surface area (Å²) < 4.78 is 1.93. The molecule has 0 unspecified atom stereocenters. The zero-order valence-electron chi connectivity index (χ0n) is 23.1. The Balaban J connectivity index is 1.43. The molecule has 0 saturated carbocycles. The van der Waals surface area contributed by atoms with Gasteiger partial charge in [-0.3, -0.25) is 10.2 Å². The van der Waals surface area contributed by atoms with Gasteiger partial charge in [0, 0.05) is 47.5 Å². The van der Waals surface area contributed by atoms with Crippen molar-refractivity contribution in [3.05, 3.63) is 108 Å². The highest BCUT2D eigenvalue weighted by molar-refractivity contribution is 6.05. The topological polar surface area (TPSA) is 121 Å². The number of fused-ring (bicyclic) bond motifs is 1. The van der Waals surface area contributed by atoms with Gasteiger partial charge in [-0.15, -0.1) is 0 Å². The van der Waals surface area contributed by atoms with Gasteiger partial charge >= 0.3 is 0 Å². The SMILES string of the molecule is Cc1c(NC(=O)c2ccc(C(C)(C)C)cc2)cccc1-c1cn2ccnc2c(Nc2ccc(CC(=N)N)cc2)n1. The first-order chi connectivity index (χ1) is 19.1. The zero-order valence-corrected chi connectivity index (χ0v) is 23.1. The number of imidazole rings is 1. The largest absolute Gasteiger partial charge is 0.387 e. The molecule has 0 spiro atoms. The van der Waals surface area contributed by atoms with Crippen LogP contribution >= 0.6 is 0 Å². The van der Waals surface area contributed by atoms with E-state index in [0.717, 1.165) is 33.8 Å². The van der Waals surface area contributed by atoms with Crippen LogP contribution in [0.3, 0.4) is 0 Å². The second-order valence-corrected chi connectivity index (χ2v) is 10.9. The lowest BCUT2D eigenvalue weighted by Crippen LogP contribution is -2.15. The van der Waals surface area contributed by atoms with Gasteiger partial charge in [-0.25, -0.2) is 9.97 Å². The van der Waals surface area contributed by atoms with Gasteiger partial charge < -0.3 is 20.8 Å². The molecule has 0 fully saturated rings. The first-order valence-electron chi connectivity index (χ1n) is 13.1. The van der Waals surface area contributed by atoms with Gasteiger partial charge in [-0.1, -0.05) is 57.2 Å². The molecule has 0 radical (unpaired) electrons. The number of nitrogens with zero attached hydrogens (tertiary/aromatic N) is 3. The minimum atomic E-state index is -0.158. The number of hydrogen-bond donors (Lipinski definition) is 4. The van der Waals surface area contributed by atoms with E-state index >= 15 is 0 Å². The molecule has 0 aliphatic rings. The van der Waals surface area contributed by atoms with E-state index in [2.05, 4.69) is 36.4 Å². The number of aromatic nitrogens is 3. The summed E-state index contributed by atoms with van der Waals surface area (Å²) in [6.45, 7) is 8.44. The summed E-state index contributed by atoms with van der Waals surface area (Å²) in [7, 11) is 0. The molecular formula is C32H33N7O. The predicted octanol–water partition coefficient (Wildman–Crippen LogP) is 6.48. The van der Waals surface area contributed by atoms with Gasteiger partial charge in [0.05, 0.1) is 11.5 Å². The third-order valence-electron chi connectivity index (χ3n) is 6.86. The number of rotatable bonds is 7. The van der Waals surface area contributed by atoms with E-state index < -0.39 is 0 Å². The van der Waals surface area contributed by atoms with E-state index in [1.807, 2.05) is 90.4 Å². The van der Waals surface area contributed by atoms with Gasteiger partial charge in [0.15, 0.2) is 11.5 Å². The number of benzene rings is 3. The first kappa shape index (κ1) is 26.6. The number of hydrogen-bond acceptors (Lipinski definition) is 5. The molecule has 1 amide bonds. The van der Waals surface area contributed by atoms with Crippen LogP contribution < -0.4 is 16.4 Å². The fourth-order valence-electron chi connectivity index (χ4n) is 4.57. The molecule has 0 atom stereocenters. The Hall–Kier alpha value is -4.98. The Kier molecular flexibility index (Phi) is 7.09. The van der Waals surface area contributed by atoms with E-state index in [4.69, 9.17) is 16.1 Å². The highest BCUT2D eigenvalue weighted by atomic mass is 16.1. The van der Waals surface area contributed by atoms with Crippen LogP contribution in [0.15, 0.2) is 85.3 Å². The monoisotopic (exact) mass is 531 g/mol. The standard InChI is InChI=1S/C32H33N7O/c1-20-25(6-5-7-26(20)38-31(40)22-10-12-23(13-11-22)32(2,3)4)27-19-39-17-16-35-30(39)29(37-27)36-24-14-8-21(9-15-24)18-28(33)34/h5-17,19H,18H2,1-4H3,(H3,33,34)(H,36,37)(H,38,40). The van der Waals surface area contributed by atoms with E-state index in [1.165, 1.54) is 5.56 Å². The summed E-state index contributed by atoms with van der Waals surface area (Å²) in [5, 5.41) is 14.0. The van der Waals surface area contributed by atoms with Gasteiger partial charge in [0.2, 0.25) is 0 Å². The lowest BCUT2D eigenvalue weighted by atomic mass is 9.86. The van der Waals surface area contributed by atoms with Gasteiger partial charge in [-0.05, 0) is 59.4 Å². The van der Waals surface area contributed by atoms with E-state index in [-0.39, 0.29) is 17.2 Å². The third kappa shape index (κ3) is 5.71. The summed E-state index contributed by atoms with van der Waals surface area (Å²) in [4.78, 5) is 22.5. The minimum Gasteiger partial charge on any atom is -0.387 e. The number of amides is 1.